The van der Waals surface area contributed by atoms with Gasteiger partial charge < -0.3 is 10.4 Å². The van der Waals surface area contributed by atoms with E-state index in [4.69, 9.17) is 5.11 Å². The molecule has 0 amide bonds. The molecule has 0 saturated carbocycles. The van der Waals surface area contributed by atoms with Gasteiger partial charge >= 0.3 is 12.1 Å². The number of carboxylic acids is 1. The molecule has 0 radical (unpaired) electrons. The zero-order valence-electron chi connectivity index (χ0n) is 10.1. The van der Waals surface area contributed by atoms with Crippen LogP contribution in [0.4, 0.5) is 24.5 Å². The van der Waals surface area contributed by atoms with Crippen LogP contribution in [0.1, 0.15) is 15.9 Å². The fraction of sp³-hybridized carbons (Fsp3) is 0.0714. The third-order valence-corrected chi connectivity index (χ3v) is 2.61. The van der Waals surface area contributed by atoms with Crippen LogP contribution in [0.25, 0.3) is 0 Å². The van der Waals surface area contributed by atoms with Gasteiger partial charge in [-0.05, 0) is 42.5 Å². The van der Waals surface area contributed by atoms with Gasteiger partial charge in [-0.3, -0.25) is 0 Å². The topological polar surface area (TPSA) is 49.3 Å². The Morgan fingerprint density at radius 2 is 1.65 bits per heavy atom. The van der Waals surface area contributed by atoms with Crippen molar-refractivity contribution < 1.29 is 23.1 Å². The van der Waals surface area contributed by atoms with Crippen LogP contribution < -0.4 is 5.32 Å². The number of aromatic carboxylic acids is 1. The molecule has 3 nitrogen and oxygen atoms in total. The lowest BCUT2D eigenvalue weighted by Gasteiger charge is -2.10. The lowest BCUT2D eigenvalue weighted by Crippen LogP contribution is -2.04. The highest BCUT2D eigenvalue weighted by atomic mass is 19.4. The minimum absolute atomic E-state index is 0.0990. The molecular formula is C14H10F3NO2. The van der Waals surface area contributed by atoms with Gasteiger partial charge in [-0.15, -0.1) is 0 Å². The molecule has 0 fully saturated rings. The number of alkyl halides is 3. The Morgan fingerprint density at radius 3 is 2.20 bits per heavy atom. The normalized spacial score (nSPS) is 11.2. The summed E-state index contributed by atoms with van der Waals surface area (Å²) < 4.78 is 37.2. The van der Waals surface area contributed by atoms with Crippen molar-refractivity contribution in [2.75, 3.05) is 5.32 Å². The maximum atomic E-state index is 12.4. The van der Waals surface area contributed by atoms with Gasteiger partial charge in [0.25, 0.3) is 0 Å². The van der Waals surface area contributed by atoms with Gasteiger partial charge in [0.05, 0.1) is 11.1 Å². The number of hydrogen-bond donors (Lipinski definition) is 2. The van der Waals surface area contributed by atoms with E-state index in [0.29, 0.717) is 11.4 Å². The fourth-order valence-corrected chi connectivity index (χ4v) is 1.64. The smallest absolute Gasteiger partial charge is 0.416 e. The van der Waals surface area contributed by atoms with E-state index in [9.17, 15) is 18.0 Å². The van der Waals surface area contributed by atoms with Crippen molar-refractivity contribution in [2.24, 2.45) is 0 Å². The SMILES string of the molecule is O=C(O)c1cccc(Nc2ccc(C(F)(F)F)cc2)c1. The van der Waals surface area contributed by atoms with Crippen LogP contribution in [-0.2, 0) is 6.18 Å². The predicted octanol–water partition coefficient (Wildman–Crippen LogP) is 4.15. The van der Waals surface area contributed by atoms with Crippen LogP contribution in [0.2, 0.25) is 0 Å². The van der Waals surface area contributed by atoms with Gasteiger partial charge in [0.2, 0.25) is 0 Å². The van der Waals surface area contributed by atoms with Crippen molar-refractivity contribution in [3.05, 3.63) is 59.7 Å². The second kappa shape index (κ2) is 5.24. The third-order valence-electron chi connectivity index (χ3n) is 2.61. The summed E-state index contributed by atoms with van der Waals surface area (Å²) in [4.78, 5) is 10.8. The molecule has 0 bridgehead atoms. The van der Waals surface area contributed by atoms with Crippen LogP contribution in [0.3, 0.4) is 0 Å². The molecular weight excluding hydrogens is 271 g/mol. The Balaban J connectivity index is 2.18. The summed E-state index contributed by atoms with van der Waals surface area (Å²) in [6, 6.07) is 10.5. The molecule has 2 aromatic rings. The molecule has 2 aromatic carbocycles. The Hall–Kier alpha value is -2.50. The highest BCUT2D eigenvalue weighted by Gasteiger charge is 2.29. The molecule has 0 aliphatic heterocycles. The second-order valence-electron chi connectivity index (χ2n) is 4.09. The Morgan fingerprint density at radius 1 is 1.00 bits per heavy atom. The molecule has 0 aromatic heterocycles. The number of hydrogen-bond acceptors (Lipinski definition) is 2. The van der Waals surface area contributed by atoms with E-state index in [2.05, 4.69) is 5.32 Å². The molecule has 0 aliphatic rings. The second-order valence-corrected chi connectivity index (χ2v) is 4.09. The lowest BCUT2D eigenvalue weighted by molar-refractivity contribution is -0.137. The average Bonchev–Trinajstić information content (AvgIpc) is 2.38. The molecule has 0 aliphatic carbocycles. The first kappa shape index (κ1) is 13.9. The van der Waals surface area contributed by atoms with Crippen LogP contribution >= 0.6 is 0 Å². The van der Waals surface area contributed by atoms with E-state index in [0.717, 1.165) is 12.1 Å². The summed E-state index contributed by atoms with van der Waals surface area (Å²) in [5, 5.41) is 11.7. The molecule has 104 valence electrons. The van der Waals surface area contributed by atoms with Crippen molar-refractivity contribution in [3.63, 3.8) is 0 Å². The summed E-state index contributed by atoms with van der Waals surface area (Å²) in [5.74, 6) is -1.07. The standard InChI is InChI=1S/C14H10F3NO2/c15-14(16,17)10-4-6-11(7-5-10)18-12-3-1-2-9(8-12)13(19)20/h1-8,18H,(H,19,20). The largest absolute Gasteiger partial charge is 0.478 e. The first-order chi connectivity index (χ1) is 9.36. The number of halogens is 3. The quantitative estimate of drug-likeness (QED) is 0.888. The fourth-order valence-electron chi connectivity index (χ4n) is 1.64. The highest BCUT2D eigenvalue weighted by Crippen LogP contribution is 2.30. The minimum atomic E-state index is -4.37. The van der Waals surface area contributed by atoms with Crippen LogP contribution in [0, 0.1) is 0 Å². The molecule has 0 spiro atoms. The van der Waals surface area contributed by atoms with Crippen molar-refractivity contribution in [2.45, 2.75) is 6.18 Å². The van der Waals surface area contributed by atoms with E-state index < -0.39 is 17.7 Å². The Labute approximate surface area is 112 Å². The summed E-state index contributed by atoms with van der Waals surface area (Å²) in [6.45, 7) is 0. The van der Waals surface area contributed by atoms with Crippen LogP contribution in [-0.4, -0.2) is 11.1 Å². The number of nitrogens with one attached hydrogen (secondary N) is 1. The molecule has 20 heavy (non-hydrogen) atoms. The first-order valence-corrected chi connectivity index (χ1v) is 5.64. The molecule has 6 heteroatoms. The van der Waals surface area contributed by atoms with E-state index >= 15 is 0 Å². The summed E-state index contributed by atoms with van der Waals surface area (Å²) in [7, 11) is 0. The summed E-state index contributed by atoms with van der Waals surface area (Å²) >= 11 is 0. The molecule has 0 atom stereocenters. The van der Waals surface area contributed by atoms with Crippen LogP contribution in [0.5, 0.6) is 0 Å². The van der Waals surface area contributed by atoms with Gasteiger partial charge in [0, 0.05) is 11.4 Å². The number of carbonyl (C=O) groups is 1. The molecule has 2 rings (SSSR count). The Bertz CT molecular complexity index is 621. The van der Waals surface area contributed by atoms with Gasteiger partial charge in [-0.1, -0.05) is 6.07 Å². The minimum Gasteiger partial charge on any atom is -0.478 e. The van der Waals surface area contributed by atoms with Crippen molar-refractivity contribution in [3.8, 4) is 0 Å². The molecule has 2 N–H and O–H groups in total. The van der Waals surface area contributed by atoms with E-state index in [1.54, 1.807) is 12.1 Å². The van der Waals surface area contributed by atoms with Gasteiger partial charge in [-0.25, -0.2) is 4.79 Å². The maximum absolute atomic E-state index is 12.4. The average molecular weight is 281 g/mol. The van der Waals surface area contributed by atoms with Crippen molar-refractivity contribution in [1.29, 1.82) is 0 Å². The summed E-state index contributed by atoms with van der Waals surface area (Å²) in [5.41, 5.74) is 0.300. The molecule has 0 unspecified atom stereocenters. The summed E-state index contributed by atoms with van der Waals surface area (Å²) in [6.07, 6.45) is -4.37. The molecule has 0 heterocycles. The third kappa shape index (κ3) is 3.28. The number of rotatable bonds is 3. The van der Waals surface area contributed by atoms with Gasteiger partial charge in [-0.2, -0.15) is 13.2 Å². The predicted molar refractivity (Wildman–Crippen MR) is 68.1 cm³/mol. The first-order valence-electron chi connectivity index (χ1n) is 5.64. The monoisotopic (exact) mass is 281 g/mol. The Kier molecular flexibility index (Phi) is 3.65. The lowest BCUT2D eigenvalue weighted by atomic mass is 10.1. The van der Waals surface area contributed by atoms with Gasteiger partial charge in [0.1, 0.15) is 0 Å². The zero-order chi connectivity index (χ0) is 14.8. The highest BCUT2D eigenvalue weighted by molar-refractivity contribution is 5.89. The number of benzene rings is 2. The van der Waals surface area contributed by atoms with E-state index in [1.165, 1.54) is 24.3 Å². The van der Waals surface area contributed by atoms with Gasteiger partial charge in [0.15, 0.2) is 0 Å². The maximum Gasteiger partial charge on any atom is 0.416 e. The van der Waals surface area contributed by atoms with Crippen molar-refractivity contribution >= 4 is 17.3 Å². The van der Waals surface area contributed by atoms with E-state index in [-0.39, 0.29) is 5.56 Å². The van der Waals surface area contributed by atoms with Crippen LogP contribution in [0.15, 0.2) is 48.5 Å². The number of carboxylic acid groups (broad SMARTS) is 1. The number of anilines is 2. The molecule has 0 saturated heterocycles. The van der Waals surface area contributed by atoms with Crippen molar-refractivity contribution in [1.82, 2.24) is 0 Å². The van der Waals surface area contributed by atoms with E-state index in [1.807, 2.05) is 0 Å². The zero-order valence-corrected chi connectivity index (χ0v) is 10.1.